The summed E-state index contributed by atoms with van der Waals surface area (Å²) in [5, 5.41) is 16.3. The van der Waals surface area contributed by atoms with E-state index < -0.39 is 0 Å². The second-order valence-electron chi connectivity index (χ2n) is 7.39. The molecule has 0 saturated heterocycles. The molecule has 1 aliphatic heterocycles. The molecule has 5 nitrogen and oxygen atoms in total. The number of fused-ring (bicyclic) bond motifs is 3. The Morgan fingerprint density at radius 2 is 2.04 bits per heavy atom. The highest BCUT2D eigenvalue weighted by atomic mass is 16.2. The molecule has 5 heteroatoms. The minimum absolute atomic E-state index is 0.146. The summed E-state index contributed by atoms with van der Waals surface area (Å²) in [4.78, 5) is 13.0. The van der Waals surface area contributed by atoms with Crippen molar-refractivity contribution in [1.29, 1.82) is 5.26 Å². The van der Waals surface area contributed by atoms with Gasteiger partial charge < -0.3 is 4.57 Å². The maximum absolute atomic E-state index is 13.0. The summed E-state index contributed by atoms with van der Waals surface area (Å²) in [5.74, 6) is -0.414. The minimum Gasteiger partial charge on any atom is -0.331 e. The van der Waals surface area contributed by atoms with Gasteiger partial charge in [-0.3, -0.25) is 4.79 Å². The van der Waals surface area contributed by atoms with Gasteiger partial charge in [0.25, 0.3) is 5.91 Å². The first-order valence-electron chi connectivity index (χ1n) is 8.19. The Morgan fingerprint density at radius 3 is 2.71 bits per heavy atom. The summed E-state index contributed by atoms with van der Waals surface area (Å²) in [7, 11) is 0. The molecule has 1 aromatic carbocycles. The number of carbonyl (C=O) groups excluding carboxylic acids is 1. The lowest BCUT2D eigenvalue weighted by atomic mass is 9.90. The number of rotatable bonds is 2. The van der Waals surface area contributed by atoms with Crippen molar-refractivity contribution in [2.45, 2.75) is 34.2 Å². The van der Waals surface area contributed by atoms with Gasteiger partial charge in [0.15, 0.2) is 0 Å². The summed E-state index contributed by atoms with van der Waals surface area (Å²) < 4.78 is 2.04. The third-order valence-electron chi connectivity index (χ3n) is 4.35. The average molecular weight is 322 g/mol. The third-order valence-corrected chi connectivity index (χ3v) is 4.35. The van der Waals surface area contributed by atoms with Crippen molar-refractivity contribution in [2.24, 2.45) is 16.4 Å². The molecule has 3 rings (SSSR count). The van der Waals surface area contributed by atoms with Crippen molar-refractivity contribution in [3.63, 3.8) is 0 Å². The van der Waals surface area contributed by atoms with Crippen LogP contribution < -0.4 is 0 Å². The fourth-order valence-electron chi connectivity index (χ4n) is 2.87. The molecule has 24 heavy (non-hydrogen) atoms. The number of amides is 1. The van der Waals surface area contributed by atoms with E-state index in [2.05, 4.69) is 31.9 Å². The highest BCUT2D eigenvalue weighted by molar-refractivity contribution is 6.02. The Labute approximate surface area is 142 Å². The highest BCUT2D eigenvalue weighted by Crippen LogP contribution is 2.28. The summed E-state index contributed by atoms with van der Waals surface area (Å²) in [6, 6.07) is 12.1. The molecule has 0 radical (unpaired) electrons. The van der Waals surface area contributed by atoms with Crippen LogP contribution in [0, 0.1) is 22.7 Å². The number of para-hydroxylation sites is 1. The monoisotopic (exact) mass is 322 g/mol. The van der Waals surface area contributed by atoms with E-state index in [-0.39, 0.29) is 17.2 Å². The van der Waals surface area contributed by atoms with Gasteiger partial charge in [0, 0.05) is 16.3 Å². The molecule has 2 heterocycles. The van der Waals surface area contributed by atoms with Crippen LogP contribution in [-0.4, -0.2) is 27.7 Å². The van der Waals surface area contributed by atoms with E-state index in [4.69, 9.17) is 5.26 Å². The number of nitrogens with zero attached hydrogens (tertiary/aromatic N) is 4. The van der Waals surface area contributed by atoms with Crippen molar-refractivity contribution in [3.05, 3.63) is 36.0 Å². The third kappa shape index (κ3) is 2.80. The van der Waals surface area contributed by atoms with Crippen LogP contribution in [0.25, 0.3) is 10.9 Å². The van der Waals surface area contributed by atoms with Crippen LogP contribution in [0.2, 0.25) is 0 Å². The largest absolute Gasteiger partial charge is 0.331 e. The van der Waals surface area contributed by atoms with Gasteiger partial charge in [-0.15, -0.1) is 0 Å². The van der Waals surface area contributed by atoms with Crippen LogP contribution in [0.15, 0.2) is 35.4 Å². The number of carbonyl (C=O) groups is 1. The van der Waals surface area contributed by atoms with Crippen LogP contribution in [0.3, 0.4) is 0 Å². The molecule has 1 amide bonds. The van der Waals surface area contributed by atoms with Gasteiger partial charge in [-0.05, 0) is 19.1 Å². The number of nitriles is 1. The second-order valence-corrected chi connectivity index (χ2v) is 7.39. The van der Waals surface area contributed by atoms with Gasteiger partial charge in [0.2, 0.25) is 0 Å². The van der Waals surface area contributed by atoms with Crippen LogP contribution in [0.1, 0.15) is 38.2 Å². The fraction of sp³-hybridized carbons (Fsp3) is 0.421. The van der Waals surface area contributed by atoms with Crippen molar-refractivity contribution in [2.75, 3.05) is 6.54 Å². The van der Waals surface area contributed by atoms with E-state index in [1.165, 1.54) is 5.01 Å². The van der Waals surface area contributed by atoms with Gasteiger partial charge in [0.1, 0.15) is 5.69 Å². The van der Waals surface area contributed by atoms with Crippen molar-refractivity contribution in [1.82, 2.24) is 9.58 Å². The van der Waals surface area contributed by atoms with Crippen LogP contribution in [-0.2, 0) is 6.54 Å². The molecular formula is C19H22N4O. The van der Waals surface area contributed by atoms with Crippen molar-refractivity contribution in [3.8, 4) is 6.07 Å². The number of benzene rings is 1. The van der Waals surface area contributed by atoms with E-state index in [0.29, 0.717) is 18.8 Å². The predicted molar refractivity (Wildman–Crippen MR) is 94.6 cm³/mol. The fourth-order valence-corrected chi connectivity index (χ4v) is 2.87. The lowest BCUT2D eigenvalue weighted by Gasteiger charge is -2.23. The molecule has 0 fully saturated rings. The first-order chi connectivity index (χ1) is 11.3. The van der Waals surface area contributed by atoms with Crippen LogP contribution in [0.4, 0.5) is 0 Å². The van der Waals surface area contributed by atoms with Crippen LogP contribution in [0.5, 0.6) is 0 Å². The van der Waals surface area contributed by atoms with E-state index in [1.807, 2.05) is 34.9 Å². The molecule has 0 saturated carbocycles. The summed E-state index contributed by atoms with van der Waals surface area (Å²) >= 11 is 0. The van der Waals surface area contributed by atoms with Crippen LogP contribution >= 0.6 is 0 Å². The smallest absolute Gasteiger partial charge is 0.290 e. The first kappa shape index (κ1) is 16.3. The zero-order chi connectivity index (χ0) is 17.5. The Hall–Kier alpha value is -2.61. The van der Waals surface area contributed by atoms with E-state index in [0.717, 1.165) is 16.6 Å². The molecule has 124 valence electrons. The predicted octanol–water partition coefficient (Wildman–Crippen LogP) is 3.66. The molecule has 0 spiro atoms. The molecular weight excluding hydrogens is 300 g/mol. The average Bonchev–Trinajstić information content (AvgIpc) is 2.83. The zero-order valence-corrected chi connectivity index (χ0v) is 14.6. The lowest BCUT2D eigenvalue weighted by molar-refractivity contribution is 0.0743. The van der Waals surface area contributed by atoms with Gasteiger partial charge >= 0.3 is 0 Å². The zero-order valence-electron chi connectivity index (χ0n) is 14.6. The van der Waals surface area contributed by atoms with Gasteiger partial charge in [-0.1, -0.05) is 39.0 Å². The Kier molecular flexibility index (Phi) is 3.92. The van der Waals surface area contributed by atoms with Crippen molar-refractivity contribution < 1.29 is 4.79 Å². The molecule has 1 atom stereocenters. The Morgan fingerprint density at radius 1 is 1.33 bits per heavy atom. The lowest BCUT2D eigenvalue weighted by Crippen LogP contribution is -2.32. The summed E-state index contributed by atoms with van der Waals surface area (Å²) in [6.07, 6.45) is 0. The van der Waals surface area contributed by atoms with E-state index in [9.17, 15) is 4.79 Å². The maximum Gasteiger partial charge on any atom is 0.290 e. The number of hydrazone groups is 1. The minimum atomic E-state index is -0.269. The number of hydrogen-bond acceptors (Lipinski definition) is 3. The highest BCUT2D eigenvalue weighted by Gasteiger charge is 2.30. The molecule has 0 unspecified atom stereocenters. The molecule has 0 N–H and O–H groups in total. The Bertz CT molecular complexity index is 864. The quantitative estimate of drug-likeness (QED) is 0.847. The second kappa shape index (κ2) is 5.79. The molecule has 1 aromatic heterocycles. The topological polar surface area (TPSA) is 61.4 Å². The van der Waals surface area contributed by atoms with E-state index in [1.54, 1.807) is 6.92 Å². The number of hydrogen-bond donors (Lipinski definition) is 0. The normalized spacial score (nSPS) is 16.4. The standard InChI is InChI=1S/C19H22N4O/c1-13(10-20)11-23-18(24)16-9-14-7-5-6-8-15(14)22(16)12-17(21-23)19(2,3)4/h5-9,13H,11-12H2,1-4H3/t13-/m0/s1. The molecule has 0 bridgehead atoms. The SMILES string of the molecule is C[C@@H](C#N)CN1N=C(C(C)(C)C)Cn2c(cc3ccccc32)C1=O. The number of aromatic nitrogens is 1. The molecule has 0 aliphatic carbocycles. The molecule has 2 aromatic rings. The molecule has 1 aliphatic rings. The summed E-state index contributed by atoms with van der Waals surface area (Å²) in [5.41, 5.74) is 2.43. The van der Waals surface area contributed by atoms with Crippen molar-refractivity contribution >= 4 is 22.5 Å². The van der Waals surface area contributed by atoms with Gasteiger partial charge in [-0.2, -0.15) is 10.4 Å². The van der Waals surface area contributed by atoms with Gasteiger partial charge in [-0.25, -0.2) is 5.01 Å². The first-order valence-corrected chi connectivity index (χ1v) is 8.19. The summed E-state index contributed by atoms with van der Waals surface area (Å²) in [6.45, 7) is 8.97. The maximum atomic E-state index is 13.0. The Balaban J connectivity index is 2.17. The van der Waals surface area contributed by atoms with E-state index >= 15 is 0 Å². The van der Waals surface area contributed by atoms with Gasteiger partial charge in [0.05, 0.1) is 30.8 Å².